The highest BCUT2D eigenvalue weighted by atomic mass is 16.7. The van der Waals surface area contributed by atoms with Crippen molar-refractivity contribution in [1.29, 1.82) is 0 Å². The summed E-state index contributed by atoms with van der Waals surface area (Å²) >= 11 is 0. The summed E-state index contributed by atoms with van der Waals surface area (Å²) in [7, 11) is 0. The number of aliphatic hydroxyl groups is 7. The molecule has 7 N–H and O–H groups in total. The Bertz CT molecular complexity index is 1510. The van der Waals surface area contributed by atoms with E-state index in [-0.39, 0.29) is 19.4 Å². The predicted molar refractivity (Wildman–Crippen MR) is 261 cm³/mol. The van der Waals surface area contributed by atoms with Gasteiger partial charge in [-0.05, 0) is 70.6 Å². The lowest BCUT2D eigenvalue weighted by Crippen LogP contribution is -2.61. The molecular formula is C53H86O15. The van der Waals surface area contributed by atoms with Crippen molar-refractivity contribution in [2.45, 2.75) is 210 Å². The summed E-state index contributed by atoms with van der Waals surface area (Å²) in [6.45, 7) is 2.35. The van der Waals surface area contributed by atoms with E-state index in [0.717, 1.165) is 83.5 Å². The van der Waals surface area contributed by atoms with Crippen LogP contribution in [-0.2, 0) is 38.0 Å². The fourth-order valence-corrected chi connectivity index (χ4v) is 7.29. The molecule has 0 amide bonds. The largest absolute Gasteiger partial charge is 0.462 e. The lowest BCUT2D eigenvalue weighted by Gasteiger charge is -2.42. The van der Waals surface area contributed by atoms with E-state index in [1.165, 1.54) is 19.3 Å². The van der Waals surface area contributed by atoms with Gasteiger partial charge in [-0.2, -0.15) is 0 Å². The average molecular weight is 963 g/mol. The minimum absolute atomic E-state index is 0.129. The Hall–Kier alpha value is -3.32. The molecule has 0 aromatic heterocycles. The smallest absolute Gasteiger partial charge is 0.306 e. The van der Waals surface area contributed by atoms with Crippen molar-refractivity contribution in [1.82, 2.24) is 0 Å². The number of esters is 2. The summed E-state index contributed by atoms with van der Waals surface area (Å²) in [5.74, 6) is -0.987. The third-order valence-electron chi connectivity index (χ3n) is 11.5. The maximum atomic E-state index is 13.0. The summed E-state index contributed by atoms with van der Waals surface area (Å²) < 4.78 is 33.5. The lowest BCUT2D eigenvalue weighted by atomic mass is 9.98. The molecular weight excluding hydrogens is 877 g/mol. The SMILES string of the molecule is CC/C=C/C=C/C=C/C=C/CCCCCCCC(=O)OC[C@H](CO[C@H]1O[C@@H](CO[C@H]2O[C@@H](CO)[C@@H](O)C(O)C2O)[C@@H](O)C(O)C1O)OC(=O)CCCCCC/C=C/C/C=C/C/C=C/CCCCC. The third kappa shape index (κ3) is 27.2. The maximum Gasteiger partial charge on any atom is 0.306 e. The molecule has 2 aliphatic heterocycles. The van der Waals surface area contributed by atoms with Crippen molar-refractivity contribution in [3.05, 3.63) is 85.1 Å². The second-order valence-corrected chi connectivity index (χ2v) is 17.3. The van der Waals surface area contributed by atoms with Gasteiger partial charge in [-0.25, -0.2) is 0 Å². The molecule has 0 aromatic carbocycles. The fourth-order valence-electron chi connectivity index (χ4n) is 7.29. The van der Waals surface area contributed by atoms with Gasteiger partial charge in [-0.15, -0.1) is 0 Å². The van der Waals surface area contributed by atoms with E-state index in [0.29, 0.717) is 12.8 Å². The topological polar surface area (TPSA) is 231 Å². The molecule has 2 rings (SSSR count). The van der Waals surface area contributed by atoms with Crippen LogP contribution in [-0.4, -0.2) is 142 Å². The predicted octanol–water partition coefficient (Wildman–Crippen LogP) is 6.82. The highest BCUT2D eigenvalue weighted by molar-refractivity contribution is 5.70. The van der Waals surface area contributed by atoms with Crippen LogP contribution in [0.3, 0.4) is 0 Å². The molecule has 15 nitrogen and oxygen atoms in total. The van der Waals surface area contributed by atoms with Gasteiger partial charge in [-0.1, -0.05) is 144 Å². The molecule has 0 aliphatic carbocycles. The van der Waals surface area contributed by atoms with E-state index >= 15 is 0 Å². The van der Waals surface area contributed by atoms with Crippen LogP contribution in [0.5, 0.6) is 0 Å². The van der Waals surface area contributed by atoms with Crippen molar-refractivity contribution < 1.29 is 73.8 Å². The number of ether oxygens (including phenoxy) is 6. The Morgan fingerprint density at radius 2 is 0.985 bits per heavy atom. The van der Waals surface area contributed by atoms with Gasteiger partial charge in [0.25, 0.3) is 0 Å². The van der Waals surface area contributed by atoms with E-state index in [1.54, 1.807) is 0 Å². The van der Waals surface area contributed by atoms with Crippen molar-refractivity contribution >= 4 is 11.9 Å². The Balaban J connectivity index is 1.85. The Labute approximate surface area is 405 Å². The van der Waals surface area contributed by atoms with Gasteiger partial charge in [-0.3, -0.25) is 9.59 Å². The van der Waals surface area contributed by atoms with Crippen LogP contribution in [0.2, 0.25) is 0 Å². The van der Waals surface area contributed by atoms with Gasteiger partial charge in [0, 0.05) is 12.8 Å². The van der Waals surface area contributed by atoms with Crippen molar-refractivity contribution in [2.75, 3.05) is 26.4 Å². The molecule has 0 bridgehead atoms. The van der Waals surface area contributed by atoms with Crippen LogP contribution >= 0.6 is 0 Å². The first-order valence-electron chi connectivity index (χ1n) is 25.2. The van der Waals surface area contributed by atoms with Crippen LogP contribution in [0.4, 0.5) is 0 Å². The molecule has 388 valence electrons. The first-order chi connectivity index (χ1) is 33.0. The van der Waals surface area contributed by atoms with Gasteiger partial charge < -0.3 is 64.2 Å². The number of hydrogen-bond acceptors (Lipinski definition) is 15. The molecule has 0 saturated carbocycles. The monoisotopic (exact) mass is 963 g/mol. The van der Waals surface area contributed by atoms with Crippen LogP contribution in [0.15, 0.2) is 85.1 Å². The van der Waals surface area contributed by atoms with Gasteiger partial charge in [0.15, 0.2) is 18.7 Å². The van der Waals surface area contributed by atoms with Crippen LogP contribution in [0.1, 0.15) is 142 Å². The van der Waals surface area contributed by atoms with Crippen molar-refractivity contribution in [3.8, 4) is 0 Å². The Morgan fingerprint density at radius 3 is 1.59 bits per heavy atom. The van der Waals surface area contributed by atoms with Gasteiger partial charge in [0.05, 0.1) is 19.8 Å². The second-order valence-electron chi connectivity index (χ2n) is 17.3. The van der Waals surface area contributed by atoms with Gasteiger partial charge in [0.2, 0.25) is 0 Å². The zero-order valence-electron chi connectivity index (χ0n) is 40.8. The minimum Gasteiger partial charge on any atom is -0.462 e. The summed E-state index contributed by atoms with van der Waals surface area (Å²) in [4.78, 5) is 25.7. The van der Waals surface area contributed by atoms with Gasteiger partial charge >= 0.3 is 11.9 Å². The Kier molecular flexibility index (Phi) is 35.2. The molecule has 0 radical (unpaired) electrons. The number of carbonyl (C=O) groups is 2. The molecule has 0 spiro atoms. The fraction of sp³-hybridized carbons (Fsp3) is 0.698. The molecule has 4 unspecified atom stereocenters. The number of allylic oxidation sites excluding steroid dienone is 14. The quantitative estimate of drug-likeness (QED) is 0.0147. The highest BCUT2D eigenvalue weighted by Gasteiger charge is 2.47. The first kappa shape index (κ1) is 60.8. The number of rotatable bonds is 37. The summed E-state index contributed by atoms with van der Waals surface area (Å²) in [6, 6.07) is 0. The third-order valence-corrected chi connectivity index (χ3v) is 11.5. The number of carbonyl (C=O) groups excluding carboxylic acids is 2. The molecule has 11 atom stereocenters. The van der Waals surface area contributed by atoms with Crippen LogP contribution < -0.4 is 0 Å². The average Bonchev–Trinajstić information content (AvgIpc) is 3.33. The minimum atomic E-state index is -1.78. The van der Waals surface area contributed by atoms with E-state index in [1.807, 2.05) is 36.5 Å². The second kappa shape index (κ2) is 39.4. The first-order valence-corrected chi connectivity index (χ1v) is 25.2. The van der Waals surface area contributed by atoms with Gasteiger partial charge in [0.1, 0.15) is 55.4 Å². The van der Waals surface area contributed by atoms with Crippen molar-refractivity contribution in [3.63, 3.8) is 0 Å². The molecule has 2 saturated heterocycles. The van der Waals surface area contributed by atoms with Crippen LogP contribution in [0.25, 0.3) is 0 Å². The van der Waals surface area contributed by atoms with E-state index in [2.05, 4.69) is 62.5 Å². The molecule has 15 heteroatoms. The molecule has 2 aliphatic rings. The molecule has 68 heavy (non-hydrogen) atoms. The van der Waals surface area contributed by atoms with E-state index in [4.69, 9.17) is 28.4 Å². The summed E-state index contributed by atoms with van der Waals surface area (Å²) in [6.07, 6.45) is 30.3. The summed E-state index contributed by atoms with van der Waals surface area (Å²) in [5.41, 5.74) is 0. The highest BCUT2D eigenvalue weighted by Crippen LogP contribution is 2.26. The standard InChI is InChI=1S/C53H86O15/c1-3-5-7-9-11-13-15-17-19-20-22-24-26-28-30-32-34-36-45(56)66-41(38-63-44(55)35-33-31-29-27-25-23-21-18-16-14-12-10-8-6-4-2)39-64-52-51(62)49(60)47(58)43(68-52)40-65-53-50(61)48(59)46(57)42(37-54)67-53/h6,8,10-14,16-19,21-22,24,41-43,46-54,57-62H,3-5,7,9,15,20,23,25-40H2,1-2H3/b8-6+,12-10+,13-11+,16-14+,19-17+,21-18+,24-22+/t41-,42+,43+,46-,47-,48?,49?,50?,51?,52+,53+/m1/s1. The van der Waals surface area contributed by atoms with E-state index in [9.17, 15) is 45.3 Å². The maximum absolute atomic E-state index is 13.0. The molecule has 2 heterocycles. The molecule has 2 fully saturated rings. The zero-order valence-corrected chi connectivity index (χ0v) is 40.8. The number of hydrogen-bond donors (Lipinski definition) is 7. The normalized spacial score (nSPS) is 26.5. The number of unbranched alkanes of at least 4 members (excludes halogenated alkanes) is 12. The number of aliphatic hydroxyl groups excluding tert-OH is 7. The van der Waals surface area contributed by atoms with E-state index < -0.39 is 99.3 Å². The van der Waals surface area contributed by atoms with Crippen molar-refractivity contribution in [2.24, 2.45) is 0 Å². The Morgan fingerprint density at radius 1 is 0.500 bits per heavy atom. The zero-order chi connectivity index (χ0) is 49.6. The van der Waals surface area contributed by atoms with Crippen LogP contribution in [0, 0.1) is 0 Å². The summed E-state index contributed by atoms with van der Waals surface area (Å²) in [5, 5.41) is 72.1. The lowest BCUT2D eigenvalue weighted by molar-refractivity contribution is -0.332. The molecule has 0 aromatic rings.